The molecule has 1 aliphatic heterocycles. The van der Waals surface area contributed by atoms with Gasteiger partial charge in [-0.15, -0.1) is 0 Å². The molecule has 2 heterocycles. The Morgan fingerprint density at radius 3 is 2.54 bits per heavy atom. The van der Waals surface area contributed by atoms with Crippen LogP contribution in [0.1, 0.15) is 24.4 Å². The van der Waals surface area contributed by atoms with Gasteiger partial charge in [-0.25, -0.2) is 9.48 Å². The Morgan fingerprint density at radius 2 is 1.86 bits per heavy atom. The Hall–Kier alpha value is -2.87. The second-order valence-corrected chi connectivity index (χ2v) is 7.35. The van der Waals surface area contributed by atoms with Gasteiger partial charge in [-0.1, -0.05) is 18.2 Å². The quantitative estimate of drug-likeness (QED) is 0.830. The number of rotatable bonds is 5. The summed E-state index contributed by atoms with van der Waals surface area (Å²) < 4.78 is 1.88. The van der Waals surface area contributed by atoms with E-state index in [-0.39, 0.29) is 18.0 Å². The fourth-order valence-corrected chi connectivity index (χ4v) is 3.34. The topological polar surface area (TPSA) is 82.5 Å². The van der Waals surface area contributed by atoms with Gasteiger partial charge in [0.2, 0.25) is 5.91 Å². The van der Waals surface area contributed by atoms with Crippen LogP contribution in [-0.2, 0) is 4.79 Å². The highest BCUT2D eigenvalue weighted by Gasteiger charge is 2.24. The predicted octanol–water partition coefficient (Wildman–Crippen LogP) is 2.56. The molecule has 0 aliphatic carbocycles. The zero-order valence-corrected chi connectivity index (χ0v) is 16.7. The predicted molar refractivity (Wildman–Crippen MR) is 109 cm³/mol. The highest BCUT2D eigenvalue weighted by atomic mass is 16.2. The first-order valence-electron chi connectivity index (χ1n) is 9.53. The van der Waals surface area contributed by atoms with Gasteiger partial charge in [0.05, 0.1) is 18.8 Å². The van der Waals surface area contributed by atoms with Gasteiger partial charge < -0.3 is 10.2 Å². The summed E-state index contributed by atoms with van der Waals surface area (Å²) in [6, 6.07) is 9.37. The SMILES string of the molecule is Cc1ccccc1NC(=O)Nc1ccnn1C1CCN(CC(=O)N(C)C)CC1. The number of likely N-dealkylation sites (tertiary alicyclic amines) is 1. The normalized spacial score (nSPS) is 15.2. The van der Waals surface area contributed by atoms with Crippen molar-refractivity contribution in [3.05, 3.63) is 42.1 Å². The van der Waals surface area contributed by atoms with Gasteiger partial charge in [-0.3, -0.25) is 15.0 Å². The summed E-state index contributed by atoms with van der Waals surface area (Å²) in [6.07, 6.45) is 3.47. The largest absolute Gasteiger partial charge is 0.348 e. The van der Waals surface area contributed by atoms with E-state index in [1.165, 1.54) is 0 Å². The van der Waals surface area contributed by atoms with Crippen molar-refractivity contribution in [2.45, 2.75) is 25.8 Å². The smallest absolute Gasteiger partial charge is 0.324 e. The van der Waals surface area contributed by atoms with Crippen molar-refractivity contribution >= 4 is 23.4 Å². The maximum atomic E-state index is 12.4. The molecule has 3 rings (SSSR count). The number of carbonyl (C=O) groups is 2. The third-order valence-corrected chi connectivity index (χ3v) is 5.07. The minimum atomic E-state index is -0.287. The summed E-state index contributed by atoms with van der Waals surface area (Å²) in [4.78, 5) is 28.1. The number of piperidine rings is 1. The van der Waals surface area contributed by atoms with Crippen LogP contribution in [0.5, 0.6) is 0 Å². The zero-order chi connectivity index (χ0) is 20.1. The van der Waals surface area contributed by atoms with Crippen LogP contribution < -0.4 is 10.6 Å². The van der Waals surface area contributed by atoms with E-state index in [9.17, 15) is 9.59 Å². The summed E-state index contributed by atoms with van der Waals surface area (Å²) in [7, 11) is 3.55. The number of aryl methyl sites for hydroxylation is 1. The van der Waals surface area contributed by atoms with Crippen LogP contribution in [0.15, 0.2) is 36.5 Å². The van der Waals surface area contributed by atoms with Crippen LogP contribution in [0.2, 0.25) is 0 Å². The molecule has 8 heteroatoms. The first kappa shape index (κ1) is 19.9. The number of hydrogen-bond acceptors (Lipinski definition) is 4. The van der Waals surface area contributed by atoms with Crippen LogP contribution in [-0.4, -0.2) is 65.2 Å². The average Bonchev–Trinajstić information content (AvgIpc) is 3.12. The van der Waals surface area contributed by atoms with Gasteiger partial charge >= 0.3 is 6.03 Å². The van der Waals surface area contributed by atoms with Gasteiger partial charge in [0.25, 0.3) is 0 Å². The van der Waals surface area contributed by atoms with Gasteiger partial charge in [0.15, 0.2) is 0 Å². The van der Waals surface area contributed by atoms with E-state index in [1.54, 1.807) is 31.3 Å². The first-order chi connectivity index (χ1) is 13.4. The second kappa shape index (κ2) is 8.88. The molecule has 1 fully saturated rings. The molecule has 1 aromatic heterocycles. The molecule has 150 valence electrons. The lowest BCUT2D eigenvalue weighted by molar-refractivity contribution is -0.130. The molecule has 28 heavy (non-hydrogen) atoms. The number of hydrogen-bond donors (Lipinski definition) is 2. The Labute approximate surface area is 165 Å². The number of benzene rings is 1. The van der Waals surface area contributed by atoms with Gasteiger partial charge in [-0.05, 0) is 31.4 Å². The van der Waals surface area contributed by atoms with E-state index in [4.69, 9.17) is 0 Å². The van der Waals surface area contributed by atoms with Gasteiger partial charge in [0.1, 0.15) is 5.82 Å². The van der Waals surface area contributed by atoms with Crippen molar-refractivity contribution < 1.29 is 9.59 Å². The Kier molecular flexibility index (Phi) is 6.30. The second-order valence-electron chi connectivity index (χ2n) is 7.35. The van der Waals surface area contributed by atoms with Crippen LogP contribution in [0.25, 0.3) is 0 Å². The molecule has 0 spiro atoms. The monoisotopic (exact) mass is 384 g/mol. The molecule has 2 N–H and O–H groups in total. The highest BCUT2D eigenvalue weighted by molar-refractivity contribution is 5.99. The van der Waals surface area contributed by atoms with Crippen molar-refractivity contribution in [3.63, 3.8) is 0 Å². The fourth-order valence-electron chi connectivity index (χ4n) is 3.34. The number of amides is 3. The van der Waals surface area contributed by atoms with Crippen molar-refractivity contribution in [1.29, 1.82) is 0 Å². The van der Waals surface area contributed by atoms with E-state index in [2.05, 4.69) is 20.6 Å². The van der Waals surface area contributed by atoms with Gasteiger partial charge in [-0.2, -0.15) is 5.10 Å². The van der Waals surface area contributed by atoms with Crippen LogP contribution in [0.3, 0.4) is 0 Å². The lowest BCUT2D eigenvalue weighted by Crippen LogP contribution is -2.41. The minimum Gasteiger partial charge on any atom is -0.348 e. The summed E-state index contributed by atoms with van der Waals surface area (Å²) >= 11 is 0. The summed E-state index contributed by atoms with van der Waals surface area (Å²) in [5.41, 5.74) is 1.79. The van der Waals surface area contributed by atoms with Crippen molar-refractivity contribution in [2.75, 3.05) is 44.4 Å². The Bertz CT molecular complexity index is 824. The van der Waals surface area contributed by atoms with E-state index in [0.29, 0.717) is 12.4 Å². The molecular formula is C20H28N6O2. The van der Waals surface area contributed by atoms with Crippen LogP contribution in [0.4, 0.5) is 16.3 Å². The highest BCUT2D eigenvalue weighted by Crippen LogP contribution is 2.25. The minimum absolute atomic E-state index is 0.118. The Morgan fingerprint density at radius 1 is 1.14 bits per heavy atom. The number of urea groups is 1. The standard InChI is InChI=1S/C20H28N6O2/c1-15-6-4-5-7-17(15)22-20(28)23-18-8-11-21-26(18)16-9-12-25(13-10-16)14-19(27)24(2)3/h4-8,11,16H,9-10,12-14H2,1-3H3,(H2,22,23,28). The summed E-state index contributed by atoms with van der Waals surface area (Å²) in [5, 5.41) is 10.2. The molecule has 3 amide bonds. The summed E-state index contributed by atoms with van der Waals surface area (Å²) in [6.45, 7) is 4.06. The average molecular weight is 384 g/mol. The van der Waals surface area contributed by atoms with Crippen LogP contribution >= 0.6 is 0 Å². The Balaban J connectivity index is 1.56. The van der Waals surface area contributed by atoms with Crippen molar-refractivity contribution in [3.8, 4) is 0 Å². The molecule has 1 aliphatic rings. The number of aromatic nitrogens is 2. The third kappa shape index (κ3) is 4.89. The molecule has 0 saturated carbocycles. The molecule has 0 unspecified atom stereocenters. The third-order valence-electron chi connectivity index (χ3n) is 5.07. The molecular weight excluding hydrogens is 356 g/mol. The first-order valence-corrected chi connectivity index (χ1v) is 9.53. The van der Waals surface area contributed by atoms with E-state index in [0.717, 1.165) is 37.2 Å². The number of likely N-dealkylation sites (N-methyl/N-ethyl adjacent to an activating group) is 1. The molecule has 1 aromatic carbocycles. The summed E-state index contributed by atoms with van der Waals surface area (Å²) in [5.74, 6) is 0.793. The van der Waals surface area contributed by atoms with E-state index >= 15 is 0 Å². The number of anilines is 2. The molecule has 1 saturated heterocycles. The fraction of sp³-hybridized carbons (Fsp3) is 0.450. The lowest BCUT2D eigenvalue weighted by atomic mass is 10.1. The molecule has 8 nitrogen and oxygen atoms in total. The van der Waals surface area contributed by atoms with E-state index in [1.807, 2.05) is 35.9 Å². The van der Waals surface area contributed by atoms with Crippen molar-refractivity contribution in [1.82, 2.24) is 19.6 Å². The zero-order valence-electron chi connectivity index (χ0n) is 16.7. The molecule has 0 bridgehead atoms. The van der Waals surface area contributed by atoms with Crippen LogP contribution in [0, 0.1) is 6.92 Å². The molecule has 0 radical (unpaired) electrons. The maximum Gasteiger partial charge on any atom is 0.324 e. The van der Waals surface area contributed by atoms with Crippen molar-refractivity contribution in [2.24, 2.45) is 0 Å². The lowest BCUT2D eigenvalue weighted by Gasteiger charge is -2.32. The number of nitrogens with one attached hydrogen (secondary N) is 2. The van der Waals surface area contributed by atoms with Gasteiger partial charge in [0, 0.05) is 38.9 Å². The van der Waals surface area contributed by atoms with E-state index < -0.39 is 0 Å². The number of para-hydroxylation sites is 1. The maximum absolute atomic E-state index is 12.4. The number of nitrogens with zero attached hydrogens (tertiary/aromatic N) is 4. The number of carbonyl (C=O) groups excluding carboxylic acids is 2. The molecule has 0 atom stereocenters. The molecule has 2 aromatic rings.